The normalized spacial score (nSPS) is 18.3. The van der Waals surface area contributed by atoms with Gasteiger partial charge in [-0.05, 0) is 38.5 Å². The SMILES string of the molecule is CC(C(=O)O)c1cccc(N2CCN(C(C)C)CC2)c1. The van der Waals surface area contributed by atoms with Crippen LogP contribution in [-0.4, -0.2) is 48.2 Å². The van der Waals surface area contributed by atoms with E-state index in [1.54, 1.807) is 6.92 Å². The Bertz CT molecular complexity index is 465. The molecule has 20 heavy (non-hydrogen) atoms. The Kier molecular flexibility index (Phi) is 4.65. The molecular formula is C16H24N2O2. The number of piperazine rings is 1. The van der Waals surface area contributed by atoms with Crippen molar-refractivity contribution in [3.8, 4) is 0 Å². The molecule has 0 aromatic heterocycles. The second-order valence-corrected chi connectivity index (χ2v) is 5.77. The maximum Gasteiger partial charge on any atom is 0.310 e. The maximum atomic E-state index is 11.1. The Hall–Kier alpha value is -1.55. The first-order chi connectivity index (χ1) is 9.49. The van der Waals surface area contributed by atoms with Crippen molar-refractivity contribution >= 4 is 11.7 Å². The molecule has 1 heterocycles. The van der Waals surface area contributed by atoms with Gasteiger partial charge in [0, 0.05) is 37.9 Å². The van der Waals surface area contributed by atoms with E-state index in [4.69, 9.17) is 5.11 Å². The van der Waals surface area contributed by atoms with Crippen molar-refractivity contribution in [2.75, 3.05) is 31.1 Å². The number of aliphatic carboxylic acids is 1. The zero-order valence-corrected chi connectivity index (χ0v) is 12.5. The van der Waals surface area contributed by atoms with Crippen LogP contribution in [0.25, 0.3) is 0 Å². The van der Waals surface area contributed by atoms with Crippen LogP contribution in [0.1, 0.15) is 32.3 Å². The number of hydrogen-bond acceptors (Lipinski definition) is 3. The summed E-state index contributed by atoms with van der Waals surface area (Å²) in [6.45, 7) is 10.3. The van der Waals surface area contributed by atoms with Gasteiger partial charge in [-0.3, -0.25) is 9.69 Å². The highest BCUT2D eigenvalue weighted by molar-refractivity contribution is 5.76. The summed E-state index contributed by atoms with van der Waals surface area (Å²) < 4.78 is 0. The van der Waals surface area contributed by atoms with Crippen molar-refractivity contribution in [2.24, 2.45) is 0 Å². The molecule has 0 saturated carbocycles. The first-order valence-corrected chi connectivity index (χ1v) is 7.31. The summed E-state index contributed by atoms with van der Waals surface area (Å²) >= 11 is 0. The summed E-state index contributed by atoms with van der Waals surface area (Å²) in [5.74, 6) is -1.22. The van der Waals surface area contributed by atoms with Crippen LogP contribution in [0.2, 0.25) is 0 Å². The van der Waals surface area contributed by atoms with Gasteiger partial charge in [0.05, 0.1) is 5.92 Å². The van der Waals surface area contributed by atoms with Gasteiger partial charge in [0.1, 0.15) is 0 Å². The van der Waals surface area contributed by atoms with Crippen molar-refractivity contribution in [2.45, 2.75) is 32.7 Å². The van der Waals surface area contributed by atoms with Gasteiger partial charge in [-0.15, -0.1) is 0 Å². The number of nitrogens with zero attached hydrogens (tertiary/aromatic N) is 2. The fourth-order valence-corrected chi connectivity index (χ4v) is 2.63. The number of carboxylic acid groups (broad SMARTS) is 1. The Morgan fingerprint density at radius 3 is 2.35 bits per heavy atom. The van der Waals surface area contributed by atoms with Crippen LogP contribution >= 0.6 is 0 Å². The first kappa shape index (κ1) is 14.9. The zero-order valence-electron chi connectivity index (χ0n) is 12.5. The lowest BCUT2D eigenvalue weighted by atomic mass is 10.0. The molecule has 1 aromatic rings. The van der Waals surface area contributed by atoms with Crippen LogP contribution in [0, 0.1) is 0 Å². The Balaban J connectivity index is 2.07. The summed E-state index contributed by atoms with van der Waals surface area (Å²) in [5, 5.41) is 9.11. The highest BCUT2D eigenvalue weighted by atomic mass is 16.4. The van der Waals surface area contributed by atoms with E-state index >= 15 is 0 Å². The fraction of sp³-hybridized carbons (Fsp3) is 0.562. The second-order valence-electron chi connectivity index (χ2n) is 5.77. The molecule has 0 radical (unpaired) electrons. The third-order valence-corrected chi connectivity index (χ3v) is 4.15. The van der Waals surface area contributed by atoms with E-state index in [-0.39, 0.29) is 0 Å². The molecule has 0 bridgehead atoms. The van der Waals surface area contributed by atoms with Crippen LogP contribution in [0.15, 0.2) is 24.3 Å². The maximum absolute atomic E-state index is 11.1. The predicted molar refractivity (Wildman–Crippen MR) is 81.4 cm³/mol. The molecule has 4 heteroatoms. The minimum Gasteiger partial charge on any atom is -0.481 e. The lowest BCUT2D eigenvalue weighted by molar-refractivity contribution is -0.138. The van der Waals surface area contributed by atoms with Crippen LogP contribution in [-0.2, 0) is 4.79 Å². The van der Waals surface area contributed by atoms with Crippen molar-refractivity contribution in [1.82, 2.24) is 4.90 Å². The minimum atomic E-state index is -0.772. The molecule has 1 unspecified atom stereocenters. The Morgan fingerprint density at radius 2 is 1.80 bits per heavy atom. The van der Waals surface area contributed by atoms with Gasteiger partial charge in [-0.1, -0.05) is 12.1 Å². The molecule has 2 rings (SSSR count). The monoisotopic (exact) mass is 276 g/mol. The third kappa shape index (κ3) is 3.31. The molecule has 4 nitrogen and oxygen atoms in total. The van der Waals surface area contributed by atoms with Gasteiger partial charge in [0.15, 0.2) is 0 Å². The van der Waals surface area contributed by atoms with Gasteiger partial charge in [0.25, 0.3) is 0 Å². The molecule has 1 fully saturated rings. The Labute approximate surface area is 121 Å². The third-order valence-electron chi connectivity index (χ3n) is 4.15. The fourth-order valence-electron chi connectivity index (χ4n) is 2.63. The molecule has 0 amide bonds. The average Bonchev–Trinajstić information content (AvgIpc) is 2.46. The average molecular weight is 276 g/mol. The smallest absolute Gasteiger partial charge is 0.310 e. The number of carbonyl (C=O) groups is 1. The molecule has 0 spiro atoms. The molecule has 1 atom stereocenters. The van der Waals surface area contributed by atoms with Crippen molar-refractivity contribution < 1.29 is 9.90 Å². The molecule has 110 valence electrons. The summed E-state index contributed by atoms with van der Waals surface area (Å²) in [7, 11) is 0. The van der Waals surface area contributed by atoms with E-state index in [0.29, 0.717) is 6.04 Å². The molecule has 1 aliphatic heterocycles. The van der Waals surface area contributed by atoms with Crippen molar-refractivity contribution in [1.29, 1.82) is 0 Å². The Morgan fingerprint density at radius 1 is 1.15 bits per heavy atom. The van der Waals surface area contributed by atoms with Crippen LogP contribution in [0.4, 0.5) is 5.69 Å². The van der Waals surface area contributed by atoms with E-state index in [9.17, 15) is 4.79 Å². The number of carboxylic acids is 1. The van der Waals surface area contributed by atoms with E-state index in [1.165, 1.54) is 0 Å². The highest BCUT2D eigenvalue weighted by Gasteiger charge is 2.20. The largest absolute Gasteiger partial charge is 0.481 e. The summed E-state index contributed by atoms with van der Waals surface area (Å²) in [4.78, 5) is 15.9. The van der Waals surface area contributed by atoms with Gasteiger partial charge in [0.2, 0.25) is 0 Å². The number of anilines is 1. The summed E-state index contributed by atoms with van der Waals surface area (Å²) in [6, 6.07) is 8.54. The quantitative estimate of drug-likeness (QED) is 0.917. The van der Waals surface area contributed by atoms with E-state index < -0.39 is 11.9 Å². The standard InChI is InChI=1S/C16H24N2O2/c1-12(2)17-7-9-18(10-8-17)15-6-4-5-14(11-15)13(3)16(19)20/h4-6,11-13H,7-10H2,1-3H3,(H,19,20). The molecule has 1 aliphatic rings. The van der Waals surface area contributed by atoms with E-state index in [0.717, 1.165) is 37.4 Å². The molecule has 0 aliphatic carbocycles. The topological polar surface area (TPSA) is 43.8 Å². The summed E-state index contributed by atoms with van der Waals surface area (Å²) in [6.07, 6.45) is 0. The van der Waals surface area contributed by atoms with E-state index in [2.05, 4.69) is 29.7 Å². The van der Waals surface area contributed by atoms with Gasteiger partial charge in [-0.2, -0.15) is 0 Å². The van der Waals surface area contributed by atoms with Gasteiger partial charge >= 0.3 is 5.97 Å². The van der Waals surface area contributed by atoms with Crippen LogP contribution in [0.3, 0.4) is 0 Å². The number of rotatable bonds is 4. The van der Waals surface area contributed by atoms with Crippen molar-refractivity contribution in [3.05, 3.63) is 29.8 Å². The number of hydrogen-bond donors (Lipinski definition) is 1. The van der Waals surface area contributed by atoms with Gasteiger partial charge < -0.3 is 10.0 Å². The number of benzene rings is 1. The van der Waals surface area contributed by atoms with Crippen LogP contribution < -0.4 is 4.90 Å². The molecular weight excluding hydrogens is 252 g/mol. The molecule has 1 saturated heterocycles. The molecule has 1 aromatic carbocycles. The van der Waals surface area contributed by atoms with Gasteiger partial charge in [-0.25, -0.2) is 0 Å². The van der Waals surface area contributed by atoms with E-state index in [1.807, 2.05) is 18.2 Å². The lowest BCUT2D eigenvalue weighted by Gasteiger charge is -2.38. The second kappa shape index (κ2) is 6.27. The molecule has 1 N–H and O–H groups in total. The first-order valence-electron chi connectivity index (χ1n) is 7.31. The minimum absolute atomic E-state index is 0.452. The van der Waals surface area contributed by atoms with Crippen LogP contribution in [0.5, 0.6) is 0 Å². The van der Waals surface area contributed by atoms with Crippen molar-refractivity contribution in [3.63, 3.8) is 0 Å². The highest BCUT2D eigenvalue weighted by Crippen LogP contribution is 2.23. The summed E-state index contributed by atoms with van der Waals surface area (Å²) in [5.41, 5.74) is 2.01. The predicted octanol–water partition coefficient (Wildman–Crippen LogP) is 2.41. The zero-order chi connectivity index (χ0) is 14.7. The lowest BCUT2D eigenvalue weighted by Crippen LogP contribution is -2.48.